The first-order valence-electron chi connectivity index (χ1n) is 9.29. The van der Waals surface area contributed by atoms with E-state index in [1.54, 1.807) is 13.2 Å². The van der Waals surface area contributed by atoms with Gasteiger partial charge < -0.3 is 9.64 Å². The first kappa shape index (κ1) is 22.0. The summed E-state index contributed by atoms with van der Waals surface area (Å²) >= 11 is 1.14. The molecule has 0 fully saturated rings. The van der Waals surface area contributed by atoms with Crippen LogP contribution in [0.15, 0.2) is 29.3 Å². The summed E-state index contributed by atoms with van der Waals surface area (Å²) in [7, 11) is 1.57. The van der Waals surface area contributed by atoms with E-state index in [-0.39, 0.29) is 29.5 Å². The third-order valence-electron chi connectivity index (χ3n) is 4.95. The van der Waals surface area contributed by atoms with Crippen molar-refractivity contribution in [2.45, 2.75) is 37.5 Å². The molecule has 0 saturated heterocycles. The van der Waals surface area contributed by atoms with E-state index in [4.69, 9.17) is 4.74 Å². The lowest BCUT2D eigenvalue weighted by Gasteiger charge is -2.30. The van der Waals surface area contributed by atoms with E-state index < -0.39 is 17.3 Å². The summed E-state index contributed by atoms with van der Waals surface area (Å²) in [6, 6.07) is 9.13. The highest BCUT2D eigenvalue weighted by Crippen LogP contribution is 2.40. The van der Waals surface area contributed by atoms with E-state index in [1.807, 2.05) is 24.3 Å². The molecule has 5 nitrogen and oxygen atoms in total. The number of nitrogens with zero attached hydrogens (tertiary/aromatic N) is 3. The molecule has 0 bridgehead atoms. The van der Waals surface area contributed by atoms with Gasteiger partial charge >= 0.3 is 6.18 Å². The Labute approximate surface area is 176 Å². The van der Waals surface area contributed by atoms with Gasteiger partial charge in [0.05, 0.1) is 18.2 Å². The Balaban J connectivity index is 1.89. The van der Waals surface area contributed by atoms with Gasteiger partial charge in [0.2, 0.25) is 5.91 Å². The largest absolute Gasteiger partial charge is 0.497 e. The van der Waals surface area contributed by atoms with E-state index in [0.717, 1.165) is 23.1 Å². The second-order valence-electron chi connectivity index (χ2n) is 6.84. The lowest BCUT2D eigenvalue weighted by Crippen LogP contribution is -2.36. The van der Waals surface area contributed by atoms with Crippen molar-refractivity contribution in [1.29, 1.82) is 5.26 Å². The molecule has 1 aliphatic rings. The molecule has 0 atom stereocenters. The molecule has 1 aromatic carbocycles. The zero-order valence-corrected chi connectivity index (χ0v) is 17.4. The third-order valence-corrected chi connectivity index (χ3v) is 5.92. The number of aromatic nitrogens is 1. The lowest BCUT2D eigenvalue weighted by atomic mass is 9.96. The van der Waals surface area contributed by atoms with Crippen molar-refractivity contribution >= 4 is 17.7 Å². The molecule has 0 saturated carbocycles. The van der Waals surface area contributed by atoms with E-state index >= 15 is 0 Å². The highest BCUT2D eigenvalue weighted by atomic mass is 32.2. The molecule has 1 amide bonds. The summed E-state index contributed by atoms with van der Waals surface area (Å²) in [4.78, 5) is 17.4. The molecule has 30 heavy (non-hydrogen) atoms. The summed E-state index contributed by atoms with van der Waals surface area (Å²) < 4.78 is 46.8. The van der Waals surface area contributed by atoms with Crippen LogP contribution >= 0.6 is 11.8 Å². The van der Waals surface area contributed by atoms with Gasteiger partial charge in [0.1, 0.15) is 16.8 Å². The number of hydrogen-bond donors (Lipinski definition) is 0. The predicted octanol–water partition coefficient (Wildman–Crippen LogP) is 4.22. The number of carbonyl (C=O) groups excluding carboxylic acids is 1. The minimum Gasteiger partial charge on any atom is -0.497 e. The van der Waals surface area contributed by atoms with Gasteiger partial charge in [-0.05, 0) is 24.1 Å². The Kier molecular flexibility index (Phi) is 6.56. The Morgan fingerprint density at radius 3 is 2.60 bits per heavy atom. The van der Waals surface area contributed by atoms with Crippen molar-refractivity contribution in [2.24, 2.45) is 0 Å². The molecule has 3 rings (SSSR count). The number of alkyl halides is 3. The normalized spacial score (nSPS) is 13.5. The number of hydrogen-bond acceptors (Lipinski definition) is 5. The van der Waals surface area contributed by atoms with Gasteiger partial charge in [-0.25, -0.2) is 4.98 Å². The maximum atomic E-state index is 13.9. The van der Waals surface area contributed by atoms with E-state index in [9.17, 15) is 23.2 Å². The number of amides is 1. The maximum Gasteiger partial charge on any atom is 0.418 e. The SMILES string of the molecule is COc1ccc(CCSc2nc3c(c(C(F)(F)F)c2C#N)CN(C(C)=O)CC3)cc1. The van der Waals surface area contributed by atoms with Crippen molar-refractivity contribution < 1.29 is 22.7 Å². The second-order valence-corrected chi connectivity index (χ2v) is 7.92. The highest BCUT2D eigenvalue weighted by Gasteiger charge is 2.41. The van der Waals surface area contributed by atoms with Crippen molar-refractivity contribution in [1.82, 2.24) is 9.88 Å². The van der Waals surface area contributed by atoms with Gasteiger partial charge in [-0.2, -0.15) is 18.4 Å². The van der Waals surface area contributed by atoms with Crippen LogP contribution in [-0.2, 0) is 30.4 Å². The molecule has 0 aliphatic carbocycles. The molecule has 1 aromatic heterocycles. The molecule has 158 valence electrons. The number of nitriles is 1. The van der Waals surface area contributed by atoms with E-state index in [0.29, 0.717) is 24.4 Å². The number of thioether (sulfide) groups is 1. The highest BCUT2D eigenvalue weighted by molar-refractivity contribution is 7.99. The van der Waals surface area contributed by atoms with Crippen LogP contribution in [0, 0.1) is 11.3 Å². The van der Waals surface area contributed by atoms with E-state index in [1.165, 1.54) is 11.8 Å². The Hall–Kier alpha value is -2.73. The average molecular weight is 435 g/mol. The first-order chi connectivity index (χ1) is 14.2. The topological polar surface area (TPSA) is 66.2 Å². The predicted molar refractivity (Wildman–Crippen MR) is 106 cm³/mol. The minimum absolute atomic E-state index is 0.0694. The number of rotatable bonds is 5. The van der Waals surface area contributed by atoms with Gasteiger partial charge in [0, 0.05) is 43.4 Å². The number of carbonyl (C=O) groups is 1. The second kappa shape index (κ2) is 8.96. The molecular weight excluding hydrogens is 415 g/mol. The molecule has 2 aromatic rings. The first-order valence-corrected chi connectivity index (χ1v) is 10.3. The number of pyridine rings is 1. The fourth-order valence-corrected chi connectivity index (χ4v) is 4.38. The van der Waals surface area contributed by atoms with Crippen LogP contribution in [0.5, 0.6) is 5.75 Å². The number of methoxy groups -OCH3 is 1. The lowest BCUT2D eigenvalue weighted by molar-refractivity contribution is -0.140. The van der Waals surface area contributed by atoms with Crippen molar-refractivity contribution in [3.63, 3.8) is 0 Å². The molecule has 0 N–H and O–H groups in total. The van der Waals surface area contributed by atoms with Gasteiger partial charge in [0.25, 0.3) is 0 Å². The van der Waals surface area contributed by atoms with E-state index in [2.05, 4.69) is 4.98 Å². The van der Waals surface area contributed by atoms with Gasteiger partial charge in [-0.15, -0.1) is 11.8 Å². The van der Waals surface area contributed by atoms with Crippen LogP contribution < -0.4 is 4.74 Å². The number of halogens is 3. The summed E-state index contributed by atoms with van der Waals surface area (Å²) in [5.41, 5.74) is -0.182. The molecular formula is C21H20F3N3O2S. The van der Waals surface area contributed by atoms with Crippen molar-refractivity contribution in [3.8, 4) is 11.8 Å². The number of benzene rings is 1. The van der Waals surface area contributed by atoms with Crippen LogP contribution in [-0.4, -0.2) is 35.2 Å². The van der Waals surface area contributed by atoms with Crippen LogP contribution in [0.3, 0.4) is 0 Å². The van der Waals surface area contributed by atoms with Crippen molar-refractivity contribution in [3.05, 3.63) is 52.2 Å². The maximum absolute atomic E-state index is 13.9. The average Bonchev–Trinajstić information content (AvgIpc) is 2.72. The fourth-order valence-electron chi connectivity index (χ4n) is 3.38. The number of fused-ring (bicyclic) bond motifs is 1. The standard InChI is InChI=1S/C21H20F3N3O2S/c1-13(28)27-9-7-18-17(12-27)19(21(22,23)24)16(11-25)20(26-18)30-10-8-14-3-5-15(29-2)6-4-14/h3-6H,7-10,12H2,1-2H3. The van der Waals surface area contributed by atoms with Crippen LogP contribution in [0.1, 0.15) is 34.9 Å². The van der Waals surface area contributed by atoms with Gasteiger partial charge in [0.15, 0.2) is 0 Å². The zero-order chi connectivity index (χ0) is 21.9. The summed E-state index contributed by atoms with van der Waals surface area (Å²) in [5, 5.41) is 9.61. The summed E-state index contributed by atoms with van der Waals surface area (Å²) in [5.74, 6) is 0.901. The third kappa shape index (κ3) is 4.70. The van der Waals surface area contributed by atoms with Crippen LogP contribution in [0.4, 0.5) is 13.2 Å². The van der Waals surface area contributed by atoms with Crippen molar-refractivity contribution in [2.75, 3.05) is 19.4 Å². The molecule has 2 heterocycles. The number of aryl methyl sites for hydroxylation is 1. The molecule has 0 unspecified atom stereocenters. The monoisotopic (exact) mass is 435 g/mol. The Morgan fingerprint density at radius 2 is 2.03 bits per heavy atom. The molecule has 0 spiro atoms. The summed E-state index contributed by atoms with van der Waals surface area (Å²) in [6.07, 6.45) is -3.86. The van der Waals surface area contributed by atoms with Crippen LogP contribution in [0.2, 0.25) is 0 Å². The van der Waals surface area contributed by atoms with Gasteiger partial charge in [-0.1, -0.05) is 12.1 Å². The molecule has 1 aliphatic heterocycles. The molecule has 0 radical (unpaired) electrons. The van der Waals surface area contributed by atoms with Crippen LogP contribution in [0.25, 0.3) is 0 Å². The summed E-state index contributed by atoms with van der Waals surface area (Å²) in [6.45, 7) is 1.45. The minimum atomic E-state index is -4.71. The quantitative estimate of drug-likeness (QED) is 0.658. The number of ether oxygens (including phenoxy) is 1. The molecule has 9 heteroatoms. The zero-order valence-electron chi connectivity index (χ0n) is 16.5. The Morgan fingerprint density at radius 1 is 1.33 bits per heavy atom. The smallest absolute Gasteiger partial charge is 0.418 e. The van der Waals surface area contributed by atoms with Gasteiger partial charge in [-0.3, -0.25) is 4.79 Å². The fraction of sp³-hybridized carbons (Fsp3) is 0.381. The Bertz CT molecular complexity index is 985.